The van der Waals surface area contributed by atoms with Crippen molar-refractivity contribution in [3.63, 3.8) is 0 Å². The van der Waals surface area contributed by atoms with E-state index in [1.165, 1.54) is 24.0 Å². The van der Waals surface area contributed by atoms with Crippen molar-refractivity contribution in [3.8, 4) is 11.5 Å². The van der Waals surface area contributed by atoms with Gasteiger partial charge in [-0.05, 0) is 105 Å². The molecule has 3 nitrogen and oxygen atoms in total. The first-order valence-corrected chi connectivity index (χ1v) is 11.1. The van der Waals surface area contributed by atoms with Gasteiger partial charge in [-0.25, -0.2) is 0 Å². The normalized spacial score (nSPS) is 13.5. The molecule has 0 radical (unpaired) electrons. The van der Waals surface area contributed by atoms with E-state index < -0.39 is 0 Å². The summed E-state index contributed by atoms with van der Waals surface area (Å²) in [5.41, 5.74) is 9.09. The van der Waals surface area contributed by atoms with Crippen LogP contribution in [0.1, 0.15) is 43.7 Å². The number of benzene rings is 2. The SMILES string of the molecule is CC/C(C1=C=CC=C1)=C(\c1ccc(O)cc1)c1ccc(OCCCCCN(C)C)cc1. The Morgan fingerprint density at radius 1 is 0.935 bits per heavy atom. The molecule has 0 saturated carbocycles. The van der Waals surface area contributed by atoms with Gasteiger partial charge in [0.2, 0.25) is 0 Å². The first-order chi connectivity index (χ1) is 15.1. The first kappa shape index (κ1) is 22.7. The first-order valence-electron chi connectivity index (χ1n) is 11.1. The lowest BCUT2D eigenvalue weighted by atomic mass is 9.88. The number of ether oxygens (including phenoxy) is 1. The summed E-state index contributed by atoms with van der Waals surface area (Å²) >= 11 is 0. The van der Waals surface area contributed by atoms with Crippen molar-refractivity contribution in [1.29, 1.82) is 0 Å². The van der Waals surface area contributed by atoms with Crippen LogP contribution in [0.25, 0.3) is 5.57 Å². The van der Waals surface area contributed by atoms with Crippen molar-refractivity contribution < 1.29 is 9.84 Å². The number of allylic oxidation sites excluding steroid dienone is 4. The van der Waals surface area contributed by atoms with Crippen LogP contribution in [0, 0.1) is 0 Å². The van der Waals surface area contributed by atoms with Crippen LogP contribution in [-0.2, 0) is 0 Å². The van der Waals surface area contributed by atoms with E-state index in [-0.39, 0.29) is 5.75 Å². The Hall–Kier alpha value is -3.00. The molecule has 2 aromatic carbocycles. The second-order valence-electron chi connectivity index (χ2n) is 8.07. The molecule has 0 saturated heterocycles. The van der Waals surface area contributed by atoms with E-state index in [1.807, 2.05) is 24.3 Å². The van der Waals surface area contributed by atoms with Crippen LogP contribution in [0.3, 0.4) is 0 Å². The second-order valence-corrected chi connectivity index (χ2v) is 8.07. The van der Waals surface area contributed by atoms with E-state index in [0.717, 1.165) is 48.4 Å². The summed E-state index contributed by atoms with van der Waals surface area (Å²) < 4.78 is 5.96. The lowest BCUT2D eigenvalue weighted by Crippen LogP contribution is -2.13. The van der Waals surface area contributed by atoms with Crippen LogP contribution < -0.4 is 4.74 Å². The van der Waals surface area contributed by atoms with E-state index in [9.17, 15) is 5.11 Å². The van der Waals surface area contributed by atoms with E-state index in [0.29, 0.717) is 0 Å². The van der Waals surface area contributed by atoms with Gasteiger partial charge >= 0.3 is 0 Å². The number of nitrogens with zero attached hydrogens (tertiary/aromatic N) is 1. The van der Waals surface area contributed by atoms with Crippen LogP contribution in [0.15, 0.2) is 83.6 Å². The number of hydrogen-bond donors (Lipinski definition) is 1. The molecule has 0 unspecified atom stereocenters. The third-order valence-corrected chi connectivity index (χ3v) is 5.40. The lowest BCUT2D eigenvalue weighted by Gasteiger charge is -2.16. The molecule has 31 heavy (non-hydrogen) atoms. The van der Waals surface area contributed by atoms with Crippen molar-refractivity contribution in [2.45, 2.75) is 32.6 Å². The predicted molar refractivity (Wildman–Crippen MR) is 129 cm³/mol. The van der Waals surface area contributed by atoms with Gasteiger partial charge < -0.3 is 14.7 Å². The monoisotopic (exact) mass is 415 g/mol. The van der Waals surface area contributed by atoms with Gasteiger partial charge in [-0.3, -0.25) is 0 Å². The molecular formula is C28H33NO2. The quantitative estimate of drug-likeness (QED) is 0.342. The summed E-state index contributed by atoms with van der Waals surface area (Å²) in [5, 5.41) is 9.75. The Kier molecular flexibility index (Phi) is 8.35. The summed E-state index contributed by atoms with van der Waals surface area (Å²) in [6.07, 6.45) is 10.4. The van der Waals surface area contributed by atoms with E-state index in [2.05, 4.69) is 62.0 Å². The van der Waals surface area contributed by atoms with Gasteiger partial charge in [0.15, 0.2) is 0 Å². The van der Waals surface area contributed by atoms with Gasteiger partial charge in [0, 0.05) is 5.57 Å². The molecular weight excluding hydrogens is 382 g/mol. The second kappa shape index (κ2) is 11.4. The smallest absolute Gasteiger partial charge is 0.119 e. The molecule has 2 aromatic rings. The fourth-order valence-electron chi connectivity index (χ4n) is 3.78. The molecule has 0 fully saturated rings. The van der Waals surface area contributed by atoms with Crippen molar-refractivity contribution in [1.82, 2.24) is 4.90 Å². The Balaban J connectivity index is 1.78. The molecule has 162 valence electrons. The van der Waals surface area contributed by atoms with Gasteiger partial charge in [-0.2, -0.15) is 0 Å². The van der Waals surface area contributed by atoms with Crippen LogP contribution in [0.5, 0.6) is 11.5 Å². The fourth-order valence-corrected chi connectivity index (χ4v) is 3.78. The third kappa shape index (κ3) is 6.49. The van der Waals surface area contributed by atoms with Gasteiger partial charge in [-0.1, -0.05) is 37.3 Å². The minimum absolute atomic E-state index is 0.273. The Bertz CT molecular complexity index is 973. The maximum absolute atomic E-state index is 9.75. The van der Waals surface area contributed by atoms with Crippen LogP contribution in [-0.4, -0.2) is 37.3 Å². The van der Waals surface area contributed by atoms with Gasteiger partial charge in [0.25, 0.3) is 0 Å². The lowest BCUT2D eigenvalue weighted by molar-refractivity contribution is 0.299. The van der Waals surface area contributed by atoms with Crippen molar-refractivity contribution in [3.05, 3.63) is 94.8 Å². The van der Waals surface area contributed by atoms with E-state index in [4.69, 9.17) is 4.74 Å². The van der Waals surface area contributed by atoms with Crippen molar-refractivity contribution in [2.24, 2.45) is 0 Å². The molecule has 1 aliphatic carbocycles. The van der Waals surface area contributed by atoms with Gasteiger partial charge in [-0.15, -0.1) is 5.73 Å². The van der Waals surface area contributed by atoms with Gasteiger partial charge in [0.1, 0.15) is 11.5 Å². The maximum Gasteiger partial charge on any atom is 0.119 e. The largest absolute Gasteiger partial charge is 0.508 e. The topological polar surface area (TPSA) is 32.7 Å². The van der Waals surface area contributed by atoms with Gasteiger partial charge in [0.05, 0.1) is 6.61 Å². The predicted octanol–water partition coefficient (Wildman–Crippen LogP) is 6.37. The summed E-state index contributed by atoms with van der Waals surface area (Å²) in [6.45, 7) is 4.04. The molecule has 3 rings (SSSR count). The molecule has 0 aromatic heterocycles. The average molecular weight is 416 g/mol. The van der Waals surface area contributed by atoms with Crippen molar-refractivity contribution in [2.75, 3.05) is 27.2 Å². The molecule has 0 spiro atoms. The molecule has 0 bridgehead atoms. The minimum Gasteiger partial charge on any atom is -0.508 e. The number of phenolic OH excluding ortho intramolecular Hbond substituents is 1. The van der Waals surface area contributed by atoms with Crippen LogP contribution >= 0.6 is 0 Å². The Morgan fingerprint density at radius 2 is 1.61 bits per heavy atom. The van der Waals surface area contributed by atoms with E-state index in [1.54, 1.807) is 12.1 Å². The minimum atomic E-state index is 0.273. The molecule has 1 N–H and O–H groups in total. The number of unbranched alkanes of at least 4 members (excludes halogenated alkanes) is 2. The maximum atomic E-state index is 9.75. The zero-order chi connectivity index (χ0) is 22.1. The average Bonchev–Trinajstić information content (AvgIpc) is 3.30. The Morgan fingerprint density at radius 3 is 2.19 bits per heavy atom. The highest BCUT2D eigenvalue weighted by Crippen LogP contribution is 2.34. The molecule has 0 aliphatic heterocycles. The summed E-state index contributed by atoms with van der Waals surface area (Å²) in [4.78, 5) is 2.22. The summed E-state index contributed by atoms with van der Waals surface area (Å²) in [6, 6.07) is 15.8. The molecule has 1 aliphatic rings. The third-order valence-electron chi connectivity index (χ3n) is 5.40. The number of rotatable bonds is 11. The number of hydrogen-bond acceptors (Lipinski definition) is 3. The fraction of sp³-hybridized carbons (Fsp3) is 0.321. The zero-order valence-electron chi connectivity index (χ0n) is 18.9. The molecule has 3 heteroatoms. The highest BCUT2D eigenvalue weighted by molar-refractivity contribution is 5.85. The molecule has 0 atom stereocenters. The summed E-state index contributed by atoms with van der Waals surface area (Å²) in [5.74, 6) is 1.18. The number of phenols is 1. The highest BCUT2D eigenvalue weighted by atomic mass is 16.5. The van der Waals surface area contributed by atoms with Crippen molar-refractivity contribution >= 4 is 5.57 Å². The van der Waals surface area contributed by atoms with E-state index >= 15 is 0 Å². The van der Waals surface area contributed by atoms with Crippen LogP contribution in [0.2, 0.25) is 0 Å². The highest BCUT2D eigenvalue weighted by Gasteiger charge is 2.14. The molecule has 0 heterocycles. The standard InChI is InChI=1S/C28H33NO2/c1-4-27(22-10-6-7-11-22)28(23-12-16-25(30)17-13-23)24-14-18-26(19-15-24)31-21-9-5-8-20-29(2)3/h6-7,10,12-19,30H,4-5,8-9,20-21H2,1-3H3/b28-27-. The zero-order valence-corrected chi connectivity index (χ0v) is 18.9. The summed E-state index contributed by atoms with van der Waals surface area (Å²) in [7, 11) is 4.22. The number of aromatic hydroxyl groups is 1. The molecule has 0 amide bonds. The Labute approximate surface area is 186 Å². The van der Waals surface area contributed by atoms with Crippen LogP contribution in [0.4, 0.5) is 0 Å².